The Morgan fingerprint density at radius 1 is 1.47 bits per heavy atom. The Hall–Kier alpha value is -0.610. The first-order valence-corrected chi connectivity index (χ1v) is 5.91. The van der Waals surface area contributed by atoms with E-state index in [1.807, 2.05) is 6.92 Å². The molecule has 4 heteroatoms. The van der Waals surface area contributed by atoms with Crippen LogP contribution in [0.3, 0.4) is 0 Å². The molecule has 0 aromatic rings. The van der Waals surface area contributed by atoms with Gasteiger partial charge in [-0.05, 0) is 33.0 Å². The highest BCUT2D eigenvalue weighted by molar-refractivity contribution is 5.77. The number of amides is 1. The summed E-state index contributed by atoms with van der Waals surface area (Å²) in [6.45, 7) is 5.24. The number of piperidine rings is 1. The van der Waals surface area contributed by atoms with Crippen molar-refractivity contribution in [3.8, 4) is 0 Å². The smallest absolute Gasteiger partial charge is 0.234 e. The first kappa shape index (κ1) is 12.5. The largest absolute Gasteiger partial charge is 0.353 e. The molecule has 15 heavy (non-hydrogen) atoms. The molecule has 0 saturated carbocycles. The highest BCUT2D eigenvalue weighted by Gasteiger charge is 2.18. The quantitative estimate of drug-likeness (QED) is 0.685. The van der Waals surface area contributed by atoms with E-state index in [2.05, 4.69) is 22.6 Å². The van der Waals surface area contributed by atoms with Crippen molar-refractivity contribution in [3.63, 3.8) is 0 Å². The molecule has 0 radical (unpaired) electrons. The van der Waals surface area contributed by atoms with Gasteiger partial charge in [0.15, 0.2) is 0 Å². The van der Waals surface area contributed by atoms with Crippen LogP contribution in [0.5, 0.6) is 0 Å². The normalized spacial score (nSPS) is 22.7. The molecule has 4 nitrogen and oxygen atoms in total. The standard InChI is InChI=1S/C11H23N3O/c1-3-12-9-11(15)13-8-10-6-4-5-7-14(10)2/h10,12H,3-9H2,1-2H3,(H,13,15). The molecule has 1 amide bonds. The zero-order chi connectivity index (χ0) is 11.1. The first-order valence-electron chi connectivity index (χ1n) is 5.91. The van der Waals surface area contributed by atoms with Gasteiger partial charge in [-0.2, -0.15) is 0 Å². The number of carbonyl (C=O) groups is 1. The summed E-state index contributed by atoms with van der Waals surface area (Å²) in [5.41, 5.74) is 0. The third-order valence-electron chi connectivity index (χ3n) is 2.99. The Kier molecular flexibility index (Phi) is 5.65. The van der Waals surface area contributed by atoms with Crippen LogP contribution >= 0.6 is 0 Å². The molecule has 1 unspecified atom stereocenters. The highest BCUT2D eigenvalue weighted by Crippen LogP contribution is 2.13. The number of likely N-dealkylation sites (tertiary alicyclic amines) is 1. The minimum Gasteiger partial charge on any atom is -0.353 e. The molecule has 1 aliphatic rings. The van der Waals surface area contributed by atoms with Gasteiger partial charge in [-0.15, -0.1) is 0 Å². The van der Waals surface area contributed by atoms with E-state index in [1.54, 1.807) is 0 Å². The number of hydrogen-bond donors (Lipinski definition) is 2. The SMILES string of the molecule is CCNCC(=O)NCC1CCCCN1C. The van der Waals surface area contributed by atoms with Crippen molar-refractivity contribution in [1.29, 1.82) is 0 Å². The molecule has 1 fully saturated rings. The van der Waals surface area contributed by atoms with Gasteiger partial charge in [-0.25, -0.2) is 0 Å². The number of hydrogen-bond acceptors (Lipinski definition) is 3. The van der Waals surface area contributed by atoms with Gasteiger partial charge < -0.3 is 15.5 Å². The average molecular weight is 213 g/mol. The lowest BCUT2D eigenvalue weighted by Crippen LogP contribution is -2.46. The summed E-state index contributed by atoms with van der Waals surface area (Å²) in [4.78, 5) is 13.7. The molecule has 0 aromatic carbocycles. The zero-order valence-corrected chi connectivity index (χ0v) is 9.88. The lowest BCUT2D eigenvalue weighted by atomic mass is 10.0. The highest BCUT2D eigenvalue weighted by atomic mass is 16.1. The van der Waals surface area contributed by atoms with E-state index in [0.717, 1.165) is 19.6 Å². The van der Waals surface area contributed by atoms with Crippen LogP contribution < -0.4 is 10.6 Å². The van der Waals surface area contributed by atoms with Crippen molar-refractivity contribution in [2.24, 2.45) is 0 Å². The summed E-state index contributed by atoms with van der Waals surface area (Å²) in [6, 6.07) is 0.532. The van der Waals surface area contributed by atoms with Crippen LogP contribution in [-0.2, 0) is 4.79 Å². The van der Waals surface area contributed by atoms with Crippen LogP contribution in [-0.4, -0.2) is 50.1 Å². The number of carbonyl (C=O) groups excluding carboxylic acids is 1. The average Bonchev–Trinajstić information content (AvgIpc) is 2.25. The molecule has 88 valence electrons. The van der Waals surface area contributed by atoms with E-state index in [9.17, 15) is 4.79 Å². The van der Waals surface area contributed by atoms with E-state index in [-0.39, 0.29) is 5.91 Å². The first-order chi connectivity index (χ1) is 7.24. The summed E-state index contributed by atoms with van der Waals surface area (Å²) in [7, 11) is 2.14. The monoisotopic (exact) mass is 213 g/mol. The van der Waals surface area contributed by atoms with Crippen molar-refractivity contribution < 1.29 is 4.79 Å². The van der Waals surface area contributed by atoms with Gasteiger partial charge in [0.05, 0.1) is 6.54 Å². The number of nitrogens with one attached hydrogen (secondary N) is 2. The van der Waals surface area contributed by atoms with Gasteiger partial charge in [-0.3, -0.25) is 4.79 Å². The van der Waals surface area contributed by atoms with Crippen LogP contribution in [0.1, 0.15) is 26.2 Å². The van der Waals surface area contributed by atoms with Crippen molar-refractivity contribution in [2.75, 3.05) is 33.2 Å². The molecule has 1 heterocycles. The Morgan fingerprint density at radius 3 is 2.93 bits per heavy atom. The van der Waals surface area contributed by atoms with Crippen LogP contribution in [0, 0.1) is 0 Å². The van der Waals surface area contributed by atoms with Gasteiger partial charge in [0, 0.05) is 12.6 Å². The van der Waals surface area contributed by atoms with Gasteiger partial charge in [-0.1, -0.05) is 13.3 Å². The third-order valence-corrected chi connectivity index (χ3v) is 2.99. The Labute approximate surface area is 92.4 Å². The Morgan fingerprint density at radius 2 is 2.27 bits per heavy atom. The second-order valence-corrected chi connectivity index (χ2v) is 4.21. The summed E-state index contributed by atoms with van der Waals surface area (Å²) in [5, 5.41) is 6.00. The molecule has 1 rings (SSSR count). The lowest BCUT2D eigenvalue weighted by Gasteiger charge is -2.32. The van der Waals surface area contributed by atoms with Crippen LogP contribution in [0.25, 0.3) is 0 Å². The van der Waals surface area contributed by atoms with Gasteiger partial charge in [0.25, 0.3) is 0 Å². The molecular weight excluding hydrogens is 190 g/mol. The molecule has 1 saturated heterocycles. The van der Waals surface area contributed by atoms with E-state index < -0.39 is 0 Å². The molecule has 1 aliphatic heterocycles. The van der Waals surface area contributed by atoms with Crippen molar-refractivity contribution in [3.05, 3.63) is 0 Å². The van der Waals surface area contributed by atoms with E-state index in [0.29, 0.717) is 12.6 Å². The fraction of sp³-hybridized carbons (Fsp3) is 0.909. The molecule has 0 aliphatic carbocycles. The summed E-state index contributed by atoms with van der Waals surface area (Å²) in [5.74, 6) is 0.107. The molecule has 0 spiro atoms. The minimum absolute atomic E-state index is 0.107. The maximum Gasteiger partial charge on any atom is 0.234 e. The predicted molar refractivity (Wildman–Crippen MR) is 61.8 cm³/mol. The Bertz CT molecular complexity index is 196. The van der Waals surface area contributed by atoms with Crippen LogP contribution in [0.2, 0.25) is 0 Å². The number of likely N-dealkylation sites (N-methyl/N-ethyl adjacent to an activating group) is 2. The van der Waals surface area contributed by atoms with E-state index >= 15 is 0 Å². The number of rotatable bonds is 5. The van der Waals surface area contributed by atoms with Crippen molar-refractivity contribution >= 4 is 5.91 Å². The number of nitrogens with zero attached hydrogens (tertiary/aromatic N) is 1. The van der Waals surface area contributed by atoms with Gasteiger partial charge >= 0.3 is 0 Å². The molecule has 0 aromatic heterocycles. The maximum atomic E-state index is 11.4. The van der Waals surface area contributed by atoms with E-state index in [1.165, 1.54) is 19.3 Å². The van der Waals surface area contributed by atoms with Crippen molar-refractivity contribution in [2.45, 2.75) is 32.2 Å². The fourth-order valence-electron chi connectivity index (χ4n) is 1.93. The van der Waals surface area contributed by atoms with Crippen molar-refractivity contribution in [1.82, 2.24) is 15.5 Å². The summed E-state index contributed by atoms with van der Waals surface area (Å²) in [6.07, 6.45) is 3.79. The predicted octanol–water partition coefficient (Wildman–Crippen LogP) is 0.196. The second kappa shape index (κ2) is 6.80. The molecule has 2 N–H and O–H groups in total. The topological polar surface area (TPSA) is 44.4 Å². The summed E-state index contributed by atoms with van der Waals surface area (Å²) < 4.78 is 0. The van der Waals surface area contributed by atoms with Gasteiger partial charge in [0.2, 0.25) is 5.91 Å². The van der Waals surface area contributed by atoms with Gasteiger partial charge in [0.1, 0.15) is 0 Å². The second-order valence-electron chi connectivity index (χ2n) is 4.21. The fourth-order valence-corrected chi connectivity index (χ4v) is 1.93. The molecule has 0 bridgehead atoms. The van der Waals surface area contributed by atoms with E-state index in [4.69, 9.17) is 0 Å². The third kappa shape index (κ3) is 4.62. The Balaban J connectivity index is 2.14. The molecular formula is C11H23N3O. The summed E-state index contributed by atoms with van der Waals surface area (Å²) >= 11 is 0. The van der Waals surface area contributed by atoms with Crippen LogP contribution in [0.4, 0.5) is 0 Å². The lowest BCUT2D eigenvalue weighted by molar-refractivity contribution is -0.120. The minimum atomic E-state index is 0.107. The maximum absolute atomic E-state index is 11.4. The zero-order valence-electron chi connectivity index (χ0n) is 9.88. The van der Waals surface area contributed by atoms with Crippen LogP contribution in [0.15, 0.2) is 0 Å². The molecule has 1 atom stereocenters.